The second-order valence-electron chi connectivity index (χ2n) is 4.22. The van der Waals surface area contributed by atoms with Crippen molar-refractivity contribution in [2.45, 2.75) is 0 Å². The predicted octanol–water partition coefficient (Wildman–Crippen LogP) is 4.04. The Labute approximate surface area is 121 Å². The maximum absolute atomic E-state index is 5.98. The van der Waals surface area contributed by atoms with Gasteiger partial charge in [0.2, 0.25) is 5.28 Å². The van der Waals surface area contributed by atoms with Gasteiger partial charge in [-0.1, -0.05) is 18.2 Å². The molecule has 20 heavy (non-hydrogen) atoms. The van der Waals surface area contributed by atoms with Crippen LogP contribution in [0.25, 0.3) is 10.9 Å². The van der Waals surface area contributed by atoms with E-state index < -0.39 is 0 Å². The summed E-state index contributed by atoms with van der Waals surface area (Å²) in [7, 11) is 1.62. The van der Waals surface area contributed by atoms with E-state index in [9.17, 15) is 0 Å². The minimum atomic E-state index is 0.198. The van der Waals surface area contributed by atoms with Gasteiger partial charge in [0.05, 0.1) is 12.6 Å². The fourth-order valence-electron chi connectivity index (χ4n) is 1.96. The van der Waals surface area contributed by atoms with Crippen molar-refractivity contribution in [3.8, 4) is 5.75 Å². The number of para-hydroxylation sites is 1. The average molecular weight is 286 g/mol. The number of ether oxygens (including phenoxy) is 1. The molecule has 2 aromatic carbocycles. The molecular formula is C15H12ClN3O. The Bertz CT molecular complexity index is 747. The molecule has 0 fully saturated rings. The summed E-state index contributed by atoms with van der Waals surface area (Å²) in [5.74, 6) is 1.41. The van der Waals surface area contributed by atoms with Crippen LogP contribution in [0.1, 0.15) is 0 Å². The van der Waals surface area contributed by atoms with Crippen LogP contribution in [0.2, 0.25) is 5.28 Å². The molecule has 0 unspecified atom stereocenters. The number of halogens is 1. The van der Waals surface area contributed by atoms with Crippen LogP contribution in [0, 0.1) is 0 Å². The number of nitrogens with one attached hydrogen (secondary N) is 1. The van der Waals surface area contributed by atoms with Crippen molar-refractivity contribution in [2.75, 3.05) is 12.4 Å². The van der Waals surface area contributed by atoms with E-state index in [0.29, 0.717) is 5.82 Å². The highest BCUT2D eigenvalue weighted by Gasteiger charge is 2.08. The molecule has 0 bridgehead atoms. The molecule has 0 saturated carbocycles. The van der Waals surface area contributed by atoms with Crippen LogP contribution < -0.4 is 10.1 Å². The number of methoxy groups -OCH3 is 1. The molecule has 100 valence electrons. The van der Waals surface area contributed by atoms with Crippen molar-refractivity contribution in [2.24, 2.45) is 0 Å². The van der Waals surface area contributed by atoms with Crippen molar-refractivity contribution in [3.05, 3.63) is 53.8 Å². The molecule has 0 radical (unpaired) electrons. The van der Waals surface area contributed by atoms with Crippen molar-refractivity contribution >= 4 is 34.0 Å². The summed E-state index contributed by atoms with van der Waals surface area (Å²) >= 11 is 5.98. The van der Waals surface area contributed by atoms with Gasteiger partial charge in [0, 0.05) is 17.1 Å². The van der Waals surface area contributed by atoms with Gasteiger partial charge in [-0.05, 0) is 35.9 Å². The third-order valence-corrected chi connectivity index (χ3v) is 3.08. The Hall–Kier alpha value is -2.33. The van der Waals surface area contributed by atoms with Gasteiger partial charge in [0.15, 0.2) is 0 Å². The maximum atomic E-state index is 5.98. The molecule has 5 heteroatoms. The molecule has 1 N–H and O–H groups in total. The van der Waals surface area contributed by atoms with E-state index in [1.807, 2.05) is 48.5 Å². The number of nitrogens with zero attached hydrogens (tertiary/aromatic N) is 2. The molecule has 1 heterocycles. The zero-order chi connectivity index (χ0) is 13.9. The average Bonchev–Trinajstić information content (AvgIpc) is 2.47. The zero-order valence-electron chi connectivity index (χ0n) is 10.8. The molecule has 0 aliphatic rings. The molecule has 0 spiro atoms. The van der Waals surface area contributed by atoms with Gasteiger partial charge in [0.1, 0.15) is 11.6 Å². The first-order valence-corrected chi connectivity index (χ1v) is 6.47. The Balaban J connectivity index is 2.10. The van der Waals surface area contributed by atoms with Crippen LogP contribution in [-0.4, -0.2) is 17.1 Å². The van der Waals surface area contributed by atoms with Crippen LogP contribution in [0.4, 0.5) is 11.5 Å². The first kappa shape index (κ1) is 12.7. The largest absolute Gasteiger partial charge is 0.497 e. The summed E-state index contributed by atoms with van der Waals surface area (Å²) < 4.78 is 5.20. The lowest BCUT2D eigenvalue weighted by Gasteiger charge is -2.09. The highest BCUT2D eigenvalue weighted by atomic mass is 35.5. The highest BCUT2D eigenvalue weighted by molar-refractivity contribution is 6.28. The molecule has 0 amide bonds. The Morgan fingerprint density at radius 1 is 1.05 bits per heavy atom. The molecule has 3 rings (SSSR count). The smallest absolute Gasteiger partial charge is 0.224 e. The molecule has 0 aliphatic carbocycles. The summed E-state index contributed by atoms with van der Waals surface area (Å²) in [4.78, 5) is 8.48. The second-order valence-corrected chi connectivity index (χ2v) is 4.55. The summed E-state index contributed by atoms with van der Waals surface area (Å²) in [5, 5.41) is 4.34. The van der Waals surface area contributed by atoms with Gasteiger partial charge >= 0.3 is 0 Å². The Morgan fingerprint density at radius 2 is 1.85 bits per heavy atom. The molecule has 4 nitrogen and oxygen atoms in total. The van der Waals surface area contributed by atoms with E-state index in [1.54, 1.807) is 7.11 Å². The lowest BCUT2D eigenvalue weighted by Crippen LogP contribution is -1.97. The van der Waals surface area contributed by atoms with Crippen LogP contribution in [0.5, 0.6) is 5.75 Å². The predicted molar refractivity (Wildman–Crippen MR) is 80.8 cm³/mol. The lowest BCUT2D eigenvalue weighted by molar-refractivity contribution is 0.415. The summed E-state index contributed by atoms with van der Waals surface area (Å²) in [5.41, 5.74) is 1.68. The molecule has 3 aromatic rings. The molecular weight excluding hydrogens is 274 g/mol. The summed E-state index contributed by atoms with van der Waals surface area (Å²) in [6.07, 6.45) is 0. The summed E-state index contributed by atoms with van der Waals surface area (Å²) in [6.45, 7) is 0. The Kier molecular flexibility index (Phi) is 3.39. The van der Waals surface area contributed by atoms with E-state index in [0.717, 1.165) is 22.3 Å². The quantitative estimate of drug-likeness (QED) is 0.738. The van der Waals surface area contributed by atoms with Crippen molar-refractivity contribution < 1.29 is 4.74 Å². The van der Waals surface area contributed by atoms with Gasteiger partial charge in [-0.2, -0.15) is 4.98 Å². The van der Waals surface area contributed by atoms with Crippen LogP contribution >= 0.6 is 11.6 Å². The first-order valence-electron chi connectivity index (χ1n) is 6.09. The normalized spacial score (nSPS) is 10.5. The van der Waals surface area contributed by atoms with Gasteiger partial charge in [0.25, 0.3) is 0 Å². The van der Waals surface area contributed by atoms with Crippen molar-refractivity contribution in [1.29, 1.82) is 0 Å². The fraction of sp³-hybridized carbons (Fsp3) is 0.0667. The van der Waals surface area contributed by atoms with E-state index >= 15 is 0 Å². The fourth-order valence-corrected chi connectivity index (χ4v) is 2.14. The van der Waals surface area contributed by atoms with Gasteiger partial charge in [-0.25, -0.2) is 4.98 Å². The third-order valence-electron chi connectivity index (χ3n) is 2.91. The number of benzene rings is 2. The molecule has 0 atom stereocenters. The van der Waals surface area contributed by atoms with E-state index in [1.165, 1.54) is 0 Å². The SMILES string of the molecule is COc1ccc2c(Nc3ccccc3)nc(Cl)nc2c1. The zero-order valence-corrected chi connectivity index (χ0v) is 11.6. The Morgan fingerprint density at radius 3 is 2.60 bits per heavy atom. The maximum Gasteiger partial charge on any atom is 0.224 e. The standard InChI is InChI=1S/C15H12ClN3O/c1-20-11-7-8-12-13(9-11)18-15(16)19-14(12)17-10-5-3-2-4-6-10/h2-9H,1H3,(H,17,18,19). The third kappa shape index (κ3) is 2.51. The first-order chi connectivity index (χ1) is 9.76. The van der Waals surface area contributed by atoms with Gasteiger partial charge in [-0.15, -0.1) is 0 Å². The minimum Gasteiger partial charge on any atom is -0.497 e. The van der Waals surface area contributed by atoms with Crippen molar-refractivity contribution in [1.82, 2.24) is 9.97 Å². The van der Waals surface area contributed by atoms with Gasteiger partial charge in [-0.3, -0.25) is 0 Å². The summed E-state index contributed by atoms with van der Waals surface area (Å²) in [6, 6.07) is 15.4. The number of anilines is 2. The number of fused-ring (bicyclic) bond motifs is 1. The number of aromatic nitrogens is 2. The van der Waals surface area contributed by atoms with E-state index in [-0.39, 0.29) is 5.28 Å². The lowest BCUT2D eigenvalue weighted by atomic mass is 10.2. The van der Waals surface area contributed by atoms with Gasteiger partial charge < -0.3 is 10.1 Å². The van der Waals surface area contributed by atoms with Crippen molar-refractivity contribution in [3.63, 3.8) is 0 Å². The molecule has 0 saturated heterocycles. The topological polar surface area (TPSA) is 47.0 Å². The highest BCUT2D eigenvalue weighted by Crippen LogP contribution is 2.27. The van der Waals surface area contributed by atoms with Crippen LogP contribution in [-0.2, 0) is 0 Å². The number of hydrogen-bond acceptors (Lipinski definition) is 4. The van der Waals surface area contributed by atoms with E-state index in [4.69, 9.17) is 16.3 Å². The number of rotatable bonds is 3. The monoisotopic (exact) mass is 285 g/mol. The molecule has 1 aromatic heterocycles. The van der Waals surface area contributed by atoms with E-state index in [2.05, 4.69) is 15.3 Å². The second kappa shape index (κ2) is 5.35. The minimum absolute atomic E-state index is 0.198. The number of hydrogen-bond donors (Lipinski definition) is 1. The molecule has 0 aliphatic heterocycles. The van der Waals surface area contributed by atoms with Crippen LogP contribution in [0.15, 0.2) is 48.5 Å². The van der Waals surface area contributed by atoms with Crippen LogP contribution in [0.3, 0.4) is 0 Å².